The first kappa shape index (κ1) is 14.1. The van der Waals surface area contributed by atoms with Gasteiger partial charge in [-0.3, -0.25) is 10.1 Å². The third-order valence-electron chi connectivity index (χ3n) is 2.08. The van der Waals surface area contributed by atoms with Crippen molar-refractivity contribution >= 4 is 15.7 Å². The molecule has 0 amide bonds. The van der Waals surface area contributed by atoms with Crippen LogP contribution in [0.25, 0.3) is 0 Å². The lowest BCUT2D eigenvalue weighted by atomic mass is 10.2. The minimum atomic E-state index is -3.98. The van der Waals surface area contributed by atoms with E-state index in [1.807, 2.05) is 4.72 Å². The molecule has 0 aliphatic rings. The molecule has 0 aromatic heterocycles. The number of nitro benzene ring substituents is 1. The maximum absolute atomic E-state index is 13.4. The Labute approximate surface area is 103 Å². The highest BCUT2D eigenvalue weighted by Crippen LogP contribution is 2.24. The molecule has 18 heavy (non-hydrogen) atoms. The molecule has 1 aromatic rings. The van der Waals surface area contributed by atoms with Crippen molar-refractivity contribution in [2.45, 2.75) is 11.8 Å². The standard InChI is InChI=1S/C10H9FN2O4S/c1-3-4-12-18(16,17)8-5-7(2)10(11)9(6-8)13(14)15/h1,5-6,12H,4H2,2H3. The van der Waals surface area contributed by atoms with Gasteiger partial charge in [-0.05, 0) is 18.6 Å². The zero-order valence-corrected chi connectivity index (χ0v) is 10.1. The average molecular weight is 272 g/mol. The second kappa shape index (κ2) is 5.12. The number of benzene rings is 1. The molecule has 0 fully saturated rings. The molecule has 0 atom stereocenters. The van der Waals surface area contributed by atoms with Crippen LogP contribution in [-0.4, -0.2) is 19.9 Å². The SMILES string of the molecule is C#CCNS(=O)(=O)c1cc(C)c(F)c([N+](=O)[O-])c1. The van der Waals surface area contributed by atoms with Gasteiger partial charge >= 0.3 is 5.69 Å². The van der Waals surface area contributed by atoms with Gasteiger partial charge in [-0.1, -0.05) is 5.92 Å². The fraction of sp³-hybridized carbons (Fsp3) is 0.200. The molecular weight excluding hydrogens is 263 g/mol. The minimum absolute atomic E-state index is 0.134. The molecule has 8 heteroatoms. The van der Waals surface area contributed by atoms with Crippen molar-refractivity contribution in [3.05, 3.63) is 33.6 Å². The Morgan fingerprint density at radius 1 is 1.56 bits per heavy atom. The van der Waals surface area contributed by atoms with Crippen molar-refractivity contribution in [3.8, 4) is 12.3 Å². The first-order chi connectivity index (χ1) is 8.29. The predicted octanol–water partition coefficient (Wildman–Crippen LogP) is 0.954. The van der Waals surface area contributed by atoms with Crippen LogP contribution in [0.1, 0.15) is 5.56 Å². The van der Waals surface area contributed by atoms with Crippen LogP contribution in [0, 0.1) is 35.2 Å². The molecule has 1 rings (SSSR count). The average Bonchev–Trinajstić information content (AvgIpc) is 2.29. The number of nitrogens with one attached hydrogen (secondary N) is 1. The minimum Gasteiger partial charge on any atom is -0.258 e. The Balaban J connectivity index is 3.36. The molecule has 0 unspecified atom stereocenters. The number of rotatable bonds is 4. The fourth-order valence-corrected chi connectivity index (χ4v) is 2.27. The zero-order valence-electron chi connectivity index (χ0n) is 9.31. The summed E-state index contributed by atoms with van der Waals surface area (Å²) in [6.45, 7) is 0.981. The van der Waals surface area contributed by atoms with E-state index in [-0.39, 0.29) is 12.1 Å². The number of terminal acetylenes is 1. The van der Waals surface area contributed by atoms with Gasteiger partial charge in [-0.15, -0.1) is 6.42 Å². The number of hydrogen-bond acceptors (Lipinski definition) is 4. The zero-order chi connectivity index (χ0) is 13.9. The third kappa shape index (κ3) is 2.82. The summed E-state index contributed by atoms with van der Waals surface area (Å²) in [7, 11) is -3.98. The van der Waals surface area contributed by atoms with Crippen LogP contribution in [0.2, 0.25) is 0 Å². The fourth-order valence-electron chi connectivity index (χ4n) is 1.23. The lowest BCUT2D eigenvalue weighted by molar-refractivity contribution is -0.387. The molecular formula is C10H9FN2O4S. The van der Waals surface area contributed by atoms with Gasteiger partial charge in [-0.2, -0.15) is 9.11 Å². The molecule has 0 saturated heterocycles. The number of sulfonamides is 1. The molecule has 0 aliphatic carbocycles. The second-order valence-electron chi connectivity index (χ2n) is 3.36. The van der Waals surface area contributed by atoms with Crippen molar-refractivity contribution in [2.75, 3.05) is 6.54 Å². The van der Waals surface area contributed by atoms with Crippen LogP contribution in [-0.2, 0) is 10.0 Å². The molecule has 1 aromatic carbocycles. The first-order valence-electron chi connectivity index (χ1n) is 4.67. The Morgan fingerprint density at radius 2 is 2.17 bits per heavy atom. The summed E-state index contributed by atoms with van der Waals surface area (Å²) in [5.41, 5.74) is -1.03. The maximum atomic E-state index is 13.4. The van der Waals surface area contributed by atoms with E-state index < -0.39 is 31.3 Å². The van der Waals surface area contributed by atoms with Crippen LogP contribution in [0.4, 0.5) is 10.1 Å². The van der Waals surface area contributed by atoms with Crippen molar-refractivity contribution in [3.63, 3.8) is 0 Å². The molecule has 1 N–H and O–H groups in total. The van der Waals surface area contributed by atoms with Crippen LogP contribution >= 0.6 is 0 Å². The van der Waals surface area contributed by atoms with Gasteiger partial charge < -0.3 is 0 Å². The summed E-state index contributed by atoms with van der Waals surface area (Å²) < 4.78 is 38.8. The molecule has 0 spiro atoms. The summed E-state index contributed by atoms with van der Waals surface area (Å²) in [6.07, 6.45) is 4.90. The van der Waals surface area contributed by atoms with E-state index >= 15 is 0 Å². The van der Waals surface area contributed by atoms with E-state index in [4.69, 9.17) is 6.42 Å². The molecule has 0 aliphatic heterocycles. The Hall–Kier alpha value is -1.98. The summed E-state index contributed by atoms with van der Waals surface area (Å²) in [5, 5.41) is 10.6. The normalized spacial score (nSPS) is 10.9. The summed E-state index contributed by atoms with van der Waals surface area (Å²) in [6, 6.07) is 1.66. The number of nitro groups is 1. The Bertz CT molecular complexity index is 634. The van der Waals surface area contributed by atoms with Crippen molar-refractivity contribution in [1.82, 2.24) is 4.72 Å². The van der Waals surface area contributed by atoms with Crippen molar-refractivity contribution in [1.29, 1.82) is 0 Å². The Morgan fingerprint density at radius 3 is 2.67 bits per heavy atom. The molecule has 0 bridgehead atoms. The third-order valence-corrected chi connectivity index (χ3v) is 3.46. The van der Waals surface area contributed by atoms with Gasteiger partial charge in [0.05, 0.1) is 16.4 Å². The van der Waals surface area contributed by atoms with Gasteiger partial charge in [0.1, 0.15) is 0 Å². The maximum Gasteiger partial charge on any atom is 0.306 e. The number of hydrogen-bond donors (Lipinski definition) is 1. The summed E-state index contributed by atoms with van der Waals surface area (Å²) >= 11 is 0. The topological polar surface area (TPSA) is 89.3 Å². The number of nitrogens with zero attached hydrogens (tertiary/aromatic N) is 1. The highest BCUT2D eigenvalue weighted by Gasteiger charge is 2.23. The Kier molecular flexibility index (Phi) is 4.00. The largest absolute Gasteiger partial charge is 0.306 e. The van der Waals surface area contributed by atoms with Crippen LogP contribution in [0.3, 0.4) is 0 Å². The predicted molar refractivity (Wildman–Crippen MR) is 61.8 cm³/mol. The van der Waals surface area contributed by atoms with Crippen LogP contribution in [0.15, 0.2) is 17.0 Å². The van der Waals surface area contributed by atoms with E-state index in [2.05, 4.69) is 5.92 Å². The van der Waals surface area contributed by atoms with Crippen molar-refractivity contribution < 1.29 is 17.7 Å². The summed E-state index contributed by atoms with van der Waals surface area (Å²) in [4.78, 5) is 9.20. The molecule has 0 heterocycles. The molecule has 96 valence electrons. The first-order valence-corrected chi connectivity index (χ1v) is 6.15. The van der Waals surface area contributed by atoms with Gasteiger partial charge in [0.15, 0.2) is 0 Å². The number of aryl methyl sites for hydroxylation is 1. The molecule has 0 radical (unpaired) electrons. The van der Waals surface area contributed by atoms with Crippen LogP contribution in [0.5, 0.6) is 0 Å². The quantitative estimate of drug-likeness (QED) is 0.502. The van der Waals surface area contributed by atoms with Gasteiger partial charge in [0.2, 0.25) is 15.8 Å². The van der Waals surface area contributed by atoms with Gasteiger partial charge in [0, 0.05) is 6.07 Å². The smallest absolute Gasteiger partial charge is 0.258 e. The molecule has 0 saturated carbocycles. The molecule has 6 nitrogen and oxygen atoms in total. The lowest BCUT2D eigenvalue weighted by Gasteiger charge is -2.06. The second-order valence-corrected chi connectivity index (χ2v) is 5.13. The van der Waals surface area contributed by atoms with Gasteiger partial charge in [-0.25, -0.2) is 8.42 Å². The van der Waals surface area contributed by atoms with Crippen molar-refractivity contribution in [2.24, 2.45) is 0 Å². The van der Waals surface area contributed by atoms with E-state index in [0.29, 0.717) is 6.07 Å². The van der Waals surface area contributed by atoms with Crippen LogP contribution < -0.4 is 4.72 Å². The monoisotopic (exact) mass is 272 g/mol. The van der Waals surface area contributed by atoms with E-state index in [1.165, 1.54) is 6.92 Å². The van der Waals surface area contributed by atoms with E-state index in [0.717, 1.165) is 6.07 Å². The van der Waals surface area contributed by atoms with Gasteiger partial charge in [0.25, 0.3) is 0 Å². The van der Waals surface area contributed by atoms with E-state index in [1.54, 1.807) is 0 Å². The lowest BCUT2D eigenvalue weighted by Crippen LogP contribution is -2.24. The van der Waals surface area contributed by atoms with E-state index in [9.17, 15) is 22.9 Å². The summed E-state index contributed by atoms with van der Waals surface area (Å²) in [5.74, 6) is 0.999. The highest BCUT2D eigenvalue weighted by atomic mass is 32.2. The highest BCUT2D eigenvalue weighted by molar-refractivity contribution is 7.89. The number of halogens is 1.